The minimum atomic E-state index is -1.10. The van der Waals surface area contributed by atoms with Gasteiger partial charge in [0.25, 0.3) is 0 Å². The first-order chi connectivity index (χ1) is 10.7. The Hall–Kier alpha value is -1.47. The normalized spacial score (nSPS) is 30.3. The minimum absolute atomic E-state index is 0.204. The van der Waals surface area contributed by atoms with Gasteiger partial charge in [0.05, 0.1) is 17.6 Å². The fraction of sp³-hybridized carbons (Fsp3) is 0.812. The molecule has 23 heavy (non-hydrogen) atoms. The standard InChI is InChI=1S/C16H27N3O4/c1-9(2)7-19-8-11(6-16(19)5-4-12(16)21)15(23)18-13(10(3)20)14(17)22/h9-11,13,20H,4-8H2,1-3H3,(H2,17,22)(H,18,23)/t10-,11?,13+,16?/m1/s1. The highest BCUT2D eigenvalue weighted by Crippen LogP contribution is 2.45. The molecule has 0 aromatic heterocycles. The zero-order chi connectivity index (χ0) is 17.4. The number of aliphatic hydroxyl groups is 1. The molecule has 130 valence electrons. The first-order valence-corrected chi connectivity index (χ1v) is 8.23. The zero-order valence-electron chi connectivity index (χ0n) is 14.0. The predicted molar refractivity (Wildman–Crippen MR) is 84.3 cm³/mol. The molecule has 1 saturated heterocycles. The summed E-state index contributed by atoms with van der Waals surface area (Å²) in [6.07, 6.45) is 0.790. The van der Waals surface area contributed by atoms with Gasteiger partial charge in [0, 0.05) is 19.5 Å². The number of hydrogen-bond acceptors (Lipinski definition) is 5. The summed E-state index contributed by atoms with van der Waals surface area (Å²) in [5, 5.41) is 12.1. The van der Waals surface area contributed by atoms with Crippen molar-refractivity contribution in [2.75, 3.05) is 13.1 Å². The number of rotatable bonds is 6. The predicted octanol–water partition coefficient (Wildman–Crippen LogP) is -0.583. The van der Waals surface area contributed by atoms with Gasteiger partial charge in [0.2, 0.25) is 11.8 Å². The van der Waals surface area contributed by atoms with Gasteiger partial charge in [-0.1, -0.05) is 13.8 Å². The summed E-state index contributed by atoms with van der Waals surface area (Å²) in [5.74, 6) is -0.841. The van der Waals surface area contributed by atoms with Crippen LogP contribution in [-0.2, 0) is 14.4 Å². The highest BCUT2D eigenvalue weighted by Gasteiger charge is 2.57. The molecule has 1 spiro atoms. The number of carbonyl (C=O) groups excluding carboxylic acids is 3. The van der Waals surface area contributed by atoms with Gasteiger partial charge in [-0.05, 0) is 25.7 Å². The second kappa shape index (κ2) is 6.57. The third-order valence-corrected chi connectivity index (χ3v) is 4.96. The Morgan fingerprint density at radius 3 is 2.48 bits per heavy atom. The summed E-state index contributed by atoms with van der Waals surface area (Å²) >= 11 is 0. The van der Waals surface area contributed by atoms with Gasteiger partial charge < -0.3 is 16.2 Å². The van der Waals surface area contributed by atoms with Crippen molar-refractivity contribution in [3.63, 3.8) is 0 Å². The van der Waals surface area contributed by atoms with Crippen LogP contribution in [0, 0.1) is 11.8 Å². The summed E-state index contributed by atoms with van der Waals surface area (Å²) in [6, 6.07) is -1.10. The number of aliphatic hydroxyl groups excluding tert-OH is 1. The first kappa shape index (κ1) is 17.9. The van der Waals surface area contributed by atoms with Crippen molar-refractivity contribution in [3.8, 4) is 0 Å². The maximum atomic E-state index is 12.5. The number of amides is 2. The molecule has 0 radical (unpaired) electrons. The average Bonchev–Trinajstić information content (AvgIpc) is 2.83. The molecule has 1 aliphatic carbocycles. The lowest BCUT2D eigenvalue weighted by Gasteiger charge is -2.44. The zero-order valence-corrected chi connectivity index (χ0v) is 14.0. The molecule has 2 unspecified atom stereocenters. The van der Waals surface area contributed by atoms with Crippen LogP contribution in [0.3, 0.4) is 0 Å². The number of ketones is 1. The summed E-state index contributed by atoms with van der Waals surface area (Å²) in [5.41, 5.74) is 4.71. The van der Waals surface area contributed by atoms with Gasteiger partial charge in [0.1, 0.15) is 6.04 Å². The van der Waals surface area contributed by atoms with Crippen molar-refractivity contribution in [2.45, 2.75) is 57.7 Å². The van der Waals surface area contributed by atoms with Crippen LogP contribution in [0.15, 0.2) is 0 Å². The lowest BCUT2D eigenvalue weighted by atomic mass is 9.72. The molecule has 1 heterocycles. The number of Topliss-reactive ketones (excluding diaryl/α,β-unsaturated/α-hetero) is 1. The van der Waals surface area contributed by atoms with Gasteiger partial charge in [-0.2, -0.15) is 0 Å². The molecule has 2 aliphatic rings. The highest BCUT2D eigenvalue weighted by molar-refractivity contribution is 5.96. The Morgan fingerprint density at radius 1 is 1.43 bits per heavy atom. The van der Waals surface area contributed by atoms with Crippen molar-refractivity contribution < 1.29 is 19.5 Å². The number of nitrogens with two attached hydrogens (primary N) is 1. The third kappa shape index (κ3) is 3.40. The Balaban J connectivity index is 2.08. The molecule has 2 amide bonds. The summed E-state index contributed by atoms with van der Waals surface area (Å²) < 4.78 is 0. The van der Waals surface area contributed by atoms with E-state index in [1.165, 1.54) is 6.92 Å². The second-order valence-corrected chi connectivity index (χ2v) is 7.28. The molecular formula is C16H27N3O4. The Labute approximate surface area is 136 Å². The molecular weight excluding hydrogens is 298 g/mol. The van der Waals surface area contributed by atoms with Crippen molar-refractivity contribution in [3.05, 3.63) is 0 Å². The third-order valence-electron chi connectivity index (χ3n) is 4.96. The summed E-state index contributed by atoms with van der Waals surface area (Å²) in [6.45, 7) is 6.85. The van der Waals surface area contributed by atoms with E-state index in [0.717, 1.165) is 13.0 Å². The van der Waals surface area contributed by atoms with Crippen LogP contribution in [-0.4, -0.2) is 58.4 Å². The number of nitrogens with one attached hydrogen (secondary N) is 1. The van der Waals surface area contributed by atoms with Crippen LogP contribution >= 0.6 is 0 Å². The summed E-state index contributed by atoms with van der Waals surface area (Å²) in [7, 11) is 0. The molecule has 0 bridgehead atoms. The van der Waals surface area contributed by atoms with E-state index >= 15 is 0 Å². The number of primary amides is 1. The molecule has 4 N–H and O–H groups in total. The molecule has 0 aromatic rings. The van der Waals surface area contributed by atoms with Gasteiger partial charge in [-0.15, -0.1) is 0 Å². The van der Waals surface area contributed by atoms with E-state index in [1.807, 2.05) is 0 Å². The van der Waals surface area contributed by atoms with Crippen molar-refractivity contribution in [2.24, 2.45) is 17.6 Å². The Morgan fingerprint density at radius 2 is 2.09 bits per heavy atom. The van der Waals surface area contributed by atoms with E-state index in [1.54, 1.807) is 0 Å². The monoisotopic (exact) mass is 325 g/mol. The fourth-order valence-electron chi connectivity index (χ4n) is 3.67. The summed E-state index contributed by atoms with van der Waals surface area (Å²) in [4.78, 5) is 38.1. The van der Waals surface area contributed by atoms with E-state index in [0.29, 0.717) is 25.3 Å². The van der Waals surface area contributed by atoms with Crippen molar-refractivity contribution in [1.29, 1.82) is 0 Å². The topological polar surface area (TPSA) is 113 Å². The smallest absolute Gasteiger partial charge is 0.242 e. The molecule has 1 saturated carbocycles. The SMILES string of the molecule is CC(C)CN1CC(C(=O)N[C@H](C(N)=O)[C@@H](C)O)CC12CCC2=O. The van der Waals surface area contributed by atoms with Crippen LogP contribution in [0.4, 0.5) is 0 Å². The number of carbonyl (C=O) groups is 3. The van der Waals surface area contributed by atoms with Gasteiger partial charge in [0.15, 0.2) is 5.78 Å². The number of nitrogens with zero attached hydrogens (tertiary/aromatic N) is 1. The molecule has 2 fully saturated rings. The molecule has 0 aromatic carbocycles. The van der Waals surface area contributed by atoms with Crippen LogP contribution in [0.5, 0.6) is 0 Å². The van der Waals surface area contributed by atoms with Crippen LogP contribution < -0.4 is 11.1 Å². The largest absolute Gasteiger partial charge is 0.391 e. The highest BCUT2D eigenvalue weighted by atomic mass is 16.3. The van der Waals surface area contributed by atoms with E-state index < -0.39 is 23.6 Å². The molecule has 4 atom stereocenters. The number of hydrogen-bond donors (Lipinski definition) is 3. The number of likely N-dealkylation sites (tertiary alicyclic amines) is 1. The van der Waals surface area contributed by atoms with E-state index in [2.05, 4.69) is 24.1 Å². The molecule has 2 rings (SSSR count). The quantitative estimate of drug-likeness (QED) is 0.604. The Bertz CT molecular complexity index is 506. The molecule has 7 heteroatoms. The van der Waals surface area contributed by atoms with E-state index in [4.69, 9.17) is 5.73 Å². The lowest BCUT2D eigenvalue weighted by Crippen LogP contribution is -2.58. The first-order valence-electron chi connectivity index (χ1n) is 8.23. The molecule has 7 nitrogen and oxygen atoms in total. The second-order valence-electron chi connectivity index (χ2n) is 7.28. The van der Waals surface area contributed by atoms with E-state index in [9.17, 15) is 19.5 Å². The van der Waals surface area contributed by atoms with Gasteiger partial charge in [-0.25, -0.2) is 0 Å². The van der Waals surface area contributed by atoms with Gasteiger partial charge >= 0.3 is 0 Å². The minimum Gasteiger partial charge on any atom is -0.391 e. The lowest BCUT2D eigenvalue weighted by molar-refractivity contribution is -0.139. The molecule has 1 aliphatic heterocycles. The fourth-order valence-corrected chi connectivity index (χ4v) is 3.67. The van der Waals surface area contributed by atoms with Crippen LogP contribution in [0.1, 0.15) is 40.0 Å². The maximum absolute atomic E-state index is 12.5. The van der Waals surface area contributed by atoms with Gasteiger partial charge in [-0.3, -0.25) is 19.3 Å². The Kier molecular flexibility index (Phi) is 5.10. The van der Waals surface area contributed by atoms with Crippen LogP contribution in [0.25, 0.3) is 0 Å². The van der Waals surface area contributed by atoms with Crippen LogP contribution in [0.2, 0.25) is 0 Å². The van der Waals surface area contributed by atoms with Crippen molar-refractivity contribution in [1.82, 2.24) is 10.2 Å². The average molecular weight is 325 g/mol. The van der Waals surface area contributed by atoms with Crippen molar-refractivity contribution >= 4 is 17.6 Å². The maximum Gasteiger partial charge on any atom is 0.242 e. The van der Waals surface area contributed by atoms with E-state index in [-0.39, 0.29) is 17.6 Å².